The van der Waals surface area contributed by atoms with E-state index in [0.717, 1.165) is 5.75 Å². The molecule has 3 nitrogen and oxygen atoms in total. The Balaban J connectivity index is 1.91. The van der Waals surface area contributed by atoms with Crippen molar-refractivity contribution >= 4 is 11.8 Å². The highest BCUT2D eigenvalue weighted by Gasteiger charge is 2.19. The van der Waals surface area contributed by atoms with E-state index in [2.05, 4.69) is 10.4 Å². The van der Waals surface area contributed by atoms with E-state index in [0.29, 0.717) is 10.8 Å². The Bertz CT molecular complexity index is 369. The summed E-state index contributed by atoms with van der Waals surface area (Å²) >= 11 is 1.90. The minimum absolute atomic E-state index is 0.139. The number of rotatable bonds is 5. The fourth-order valence-corrected chi connectivity index (χ4v) is 3.77. The summed E-state index contributed by atoms with van der Waals surface area (Å²) in [5, 5.41) is 0.708. The lowest BCUT2D eigenvalue weighted by Gasteiger charge is -2.24. The lowest BCUT2D eigenvalue weighted by molar-refractivity contribution is 0.512. The standard InChI is InChI=1S/C13H20FN3S/c14-12-8-16-7-6-11(12)13(17-15)9-18-10-4-2-1-3-5-10/h6-8,10,13,17H,1-5,9,15H2. The minimum Gasteiger partial charge on any atom is -0.271 e. The Kier molecular flexibility index (Phi) is 5.41. The molecule has 0 radical (unpaired) electrons. The predicted molar refractivity (Wildman–Crippen MR) is 73.6 cm³/mol. The molecule has 5 heteroatoms. The average molecular weight is 269 g/mol. The third kappa shape index (κ3) is 3.67. The third-order valence-electron chi connectivity index (χ3n) is 3.43. The molecule has 1 unspecified atom stereocenters. The monoisotopic (exact) mass is 269 g/mol. The normalized spacial score (nSPS) is 18.8. The minimum atomic E-state index is -0.287. The van der Waals surface area contributed by atoms with Crippen LogP contribution >= 0.6 is 11.8 Å². The van der Waals surface area contributed by atoms with E-state index < -0.39 is 0 Å². The van der Waals surface area contributed by atoms with Crippen molar-refractivity contribution in [1.82, 2.24) is 10.4 Å². The molecule has 1 aromatic rings. The van der Waals surface area contributed by atoms with E-state index in [-0.39, 0.29) is 11.9 Å². The van der Waals surface area contributed by atoms with E-state index in [1.807, 2.05) is 11.8 Å². The summed E-state index contributed by atoms with van der Waals surface area (Å²) < 4.78 is 13.6. The van der Waals surface area contributed by atoms with Crippen molar-refractivity contribution in [2.75, 3.05) is 5.75 Å². The molecule has 0 aromatic carbocycles. The lowest BCUT2D eigenvalue weighted by atomic mass is 10.0. The molecule has 0 spiro atoms. The van der Waals surface area contributed by atoms with Crippen LogP contribution in [0.1, 0.15) is 43.7 Å². The molecule has 0 aliphatic heterocycles. The molecule has 1 saturated carbocycles. The van der Waals surface area contributed by atoms with Crippen LogP contribution in [-0.4, -0.2) is 16.0 Å². The summed E-state index contributed by atoms with van der Waals surface area (Å²) in [5.41, 5.74) is 3.32. The number of nitrogens with one attached hydrogen (secondary N) is 1. The second kappa shape index (κ2) is 7.07. The number of hydrogen-bond acceptors (Lipinski definition) is 4. The van der Waals surface area contributed by atoms with Gasteiger partial charge in [0, 0.05) is 22.8 Å². The van der Waals surface area contributed by atoms with E-state index in [1.165, 1.54) is 38.3 Å². The van der Waals surface area contributed by atoms with Crippen LogP contribution in [0.25, 0.3) is 0 Å². The maximum atomic E-state index is 13.6. The van der Waals surface area contributed by atoms with Crippen LogP contribution in [0.2, 0.25) is 0 Å². The first kappa shape index (κ1) is 13.8. The van der Waals surface area contributed by atoms with Gasteiger partial charge in [0.2, 0.25) is 0 Å². The Morgan fingerprint density at radius 2 is 2.22 bits per heavy atom. The van der Waals surface area contributed by atoms with Crippen LogP contribution in [0.5, 0.6) is 0 Å². The SMILES string of the molecule is NNC(CSC1CCCCC1)c1ccncc1F. The Morgan fingerprint density at radius 1 is 1.44 bits per heavy atom. The largest absolute Gasteiger partial charge is 0.271 e. The van der Waals surface area contributed by atoms with Crippen LogP contribution in [0, 0.1) is 5.82 Å². The van der Waals surface area contributed by atoms with Crippen LogP contribution in [0.4, 0.5) is 4.39 Å². The van der Waals surface area contributed by atoms with E-state index in [4.69, 9.17) is 5.84 Å². The summed E-state index contributed by atoms with van der Waals surface area (Å²) in [6.07, 6.45) is 9.40. The summed E-state index contributed by atoms with van der Waals surface area (Å²) in [6, 6.07) is 1.56. The summed E-state index contributed by atoms with van der Waals surface area (Å²) in [5.74, 6) is 6.06. The molecule has 1 atom stereocenters. The van der Waals surface area contributed by atoms with Crippen molar-refractivity contribution in [3.05, 3.63) is 29.8 Å². The maximum absolute atomic E-state index is 13.6. The fourth-order valence-electron chi connectivity index (χ4n) is 2.36. The summed E-state index contributed by atoms with van der Waals surface area (Å²) in [4.78, 5) is 3.76. The second-order valence-corrected chi connectivity index (χ2v) is 6.04. The van der Waals surface area contributed by atoms with Gasteiger partial charge >= 0.3 is 0 Å². The molecule has 1 fully saturated rings. The zero-order chi connectivity index (χ0) is 12.8. The Morgan fingerprint density at radius 3 is 2.89 bits per heavy atom. The Labute approximate surface area is 112 Å². The average Bonchev–Trinajstić information content (AvgIpc) is 2.42. The van der Waals surface area contributed by atoms with Crippen molar-refractivity contribution in [3.63, 3.8) is 0 Å². The lowest BCUT2D eigenvalue weighted by Crippen LogP contribution is -2.31. The van der Waals surface area contributed by atoms with Gasteiger partial charge in [-0.2, -0.15) is 11.8 Å². The molecule has 100 valence electrons. The van der Waals surface area contributed by atoms with Gasteiger partial charge in [-0.3, -0.25) is 16.3 Å². The summed E-state index contributed by atoms with van der Waals surface area (Å²) in [7, 11) is 0. The molecule has 3 N–H and O–H groups in total. The van der Waals surface area contributed by atoms with E-state index in [1.54, 1.807) is 12.3 Å². The van der Waals surface area contributed by atoms with Gasteiger partial charge in [0.15, 0.2) is 0 Å². The Hall–Kier alpha value is -0.650. The quantitative estimate of drug-likeness (QED) is 0.637. The highest BCUT2D eigenvalue weighted by molar-refractivity contribution is 7.99. The molecular formula is C13H20FN3S. The number of thioether (sulfide) groups is 1. The number of hydrogen-bond donors (Lipinski definition) is 2. The first-order chi connectivity index (χ1) is 8.81. The van der Waals surface area contributed by atoms with E-state index >= 15 is 0 Å². The highest BCUT2D eigenvalue weighted by Crippen LogP contribution is 2.31. The van der Waals surface area contributed by atoms with Crippen molar-refractivity contribution in [1.29, 1.82) is 0 Å². The number of halogens is 1. The number of nitrogens with zero attached hydrogens (tertiary/aromatic N) is 1. The van der Waals surface area contributed by atoms with Crippen LogP contribution in [-0.2, 0) is 0 Å². The van der Waals surface area contributed by atoms with Crippen LogP contribution in [0.15, 0.2) is 18.5 Å². The van der Waals surface area contributed by atoms with Gasteiger partial charge < -0.3 is 0 Å². The molecular weight excluding hydrogens is 249 g/mol. The molecule has 0 saturated heterocycles. The molecule has 0 bridgehead atoms. The van der Waals surface area contributed by atoms with Crippen molar-refractivity contribution < 1.29 is 4.39 Å². The number of hydrazine groups is 1. The van der Waals surface area contributed by atoms with E-state index in [9.17, 15) is 4.39 Å². The second-order valence-electron chi connectivity index (χ2n) is 4.71. The zero-order valence-electron chi connectivity index (χ0n) is 10.4. The van der Waals surface area contributed by atoms with Crippen LogP contribution in [0.3, 0.4) is 0 Å². The molecule has 18 heavy (non-hydrogen) atoms. The van der Waals surface area contributed by atoms with Gasteiger partial charge in [0.1, 0.15) is 5.82 Å². The number of nitrogens with two attached hydrogens (primary N) is 1. The third-order valence-corrected chi connectivity index (χ3v) is 4.90. The smallest absolute Gasteiger partial charge is 0.146 e. The number of aromatic nitrogens is 1. The van der Waals surface area contributed by atoms with Gasteiger partial charge in [-0.1, -0.05) is 19.3 Å². The molecule has 0 amide bonds. The first-order valence-corrected chi connectivity index (χ1v) is 7.53. The van der Waals surface area contributed by atoms with Crippen molar-refractivity contribution in [2.24, 2.45) is 5.84 Å². The molecule has 2 rings (SSSR count). The number of pyridine rings is 1. The molecule has 1 aliphatic rings. The molecule has 1 aromatic heterocycles. The van der Waals surface area contributed by atoms with Gasteiger partial charge in [-0.05, 0) is 18.9 Å². The molecule has 1 heterocycles. The predicted octanol–water partition coefficient (Wildman–Crippen LogP) is 2.79. The van der Waals surface area contributed by atoms with Gasteiger partial charge in [-0.25, -0.2) is 4.39 Å². The van der Waals surface area contributed by atoms with Crippen LogP contribution < -0.4 is 11.3 Å². The fraction of sp³-hybridized carbons (Fsp3) is 0.615. The van der Waals surface area contributed by atoms with Gasteiger partial charge in [0.05, 0.1) is 12.2 Å². The first-order valence-electron chi connectivity index (χ1n) is 6.48. The molecule has 1 aliphatic carbocycles. The zero-order valence-corrected chi connectivity index (χ0v) is 11.3. The van der Waals surface area contributed by atoms with Gasteiger partial charge in [0.25, 0.3) is 0 Å². The maximum Gasteiger partial charge on any atom is 0.146 e. The van der Waals surface area contributed by atoms with Gasteiger partial charge in [-0.15, -0.1) is 0 Å². The summed E-state index contributed by atoms with van der Waals surface area (Å²) in [6.45, 7) is 0. The topological polar surface area (TPSA) is 50.9 Å². The van der Waals surface area contributed by atoms with Crippen molar-refractivity contribution in [2.45, 2.75) is 43.4 Å². The highest BCUT2D eigenvalue weighted by atomic mass is 32.2. The van der Waals surface area contributed by atoms with Crippen molar-refractivity contribution in [3.8, 4) is 0 Å².